The van der Waals surface area contributed by atoms with Gasteiger partial charge in [-0.1, -0.05) is 102 Å². The van der Waals surface area contributed by atoms with Crippen molar-refractivity contribution < 1.29 is 9.05 Å². The van der Waals surface area contributed by atoms with Crippen molar-refractivity contribution in [3.05, 3.63) is 72.9 Å². The number of allylic oxidation sites excluding steroid dienone is 10. The van der Waals surface area contributed by atoms with Gasteiger partial charge in [-0.2, -0.15) is 0 Å². The third-order valence-electron chi connectivity index (χ3n) is 3.68. The van der Waals surface area contributed by atoms with Gasteiger partial charge in [0.2, 0.25) is 0 Å². The second-order valence-corrected chi connectivity index (χ2v) is 7.39. The van der Waals surface area contributed by atoms with Crippen LogP contribution in [0.3, 0.4) is 0 Å². The predicted octanol–water partition coefficient (Wildman–Crippen LogP) is 7.65. The molecule has 0 radical (unpaired) electrons. The Hall–Kier alpha value is -0.350. The first-order valence-corrected chi connectivity index (χ1v) is 12.9. The van der Waals surface area contributed by atoms with E-state index in [1.807, 2.05) is 12.2 Å². The van der Waals surface area contributed by atoms with E-state index in [0.29, 0.717) is 8.50 Å². The largest absolute Gasteiger partial charge is 0.358 e. The summed E-state index contributed by atoms with van der Waals surface area (Å²) in [6, 6.07) is 0. The number of unbranched alkanes of at least 4 members (excludes halogenated alkanes) is 1. The molecule has 0 spiro atoms. The van der Waals surface area contributed by atoms with E-state index in [4.69, 9.17) is 9.05 Å². The predicted molar refractivity (Wildman–Crippen MR) is 131 cm³/mol. The average molecular weight is 426 g/mol. The molecule has 0 amide bonds. The second-order valence-electron chi connectivity index (χ2n) is 5.94. The lowest BCUT2D eigenvalue weighted by atomic mass is 10.2. The van der Waals surface area contributed by atoms with Gasteiger partial charge in [0.05, 0.1) is 12.2 Å². The molecule has 5 atom stereocenters. The monoisotopic (exact) mass is 426 g/mol. The molecular formula is C22H37O2P3. The molecule has 0 N–H and O–H groups in total. The normalized spacial score (nSPS) is 16.0. The first kappa shape index (κ1) is 26.6. The van der Waals surface area contributed by atoms with Crippen molar-refractivity contribution in [2.75, 3.05) is 0 Å². The van der Waals surface area contributed by atoms with Crippen molar-refractivity contribution in [3.8, 4) is 0 Å². The van der Waals surface area contributed by atoms with E-state index in [9.17, 15) is 0 Å². The van der Waals surface area contributed by atoms with Gasteiger partial charge in [0.25, 0.3) is 0 Å². The minimum atomic E-state index is 0.195. The lowest BCUT2D eigenvalue weighted by molar-refractivity contribution is 0.279. The van der Waals surface area contributed by atoms with Crippen molar-refractivity contribution in [2.45, 2.75) is 64.6 Å². The summed E-state index contributed by atoms with van der Waals surface area (Å²) in [5.41, 5.74) is 0. The molecule has 0 aromatic rings. The van der Waals surface area contributed by atoms with Gasteiger partial charge in [-0.15, -0.1) is 0 Å². The zero-order valence-electron chi connectivity index (χ0n) is 16.8. The SMILES string of the molecule is CCCC(/C=C/C=C\C=C/CC/C=C\C/C=C\C=C\C(CC)OPP)OP. The molecule has 0 saturated carbocycles. The van der Waals surface area contributed by atoms with Crippen LogP contribution in [0.25, 0.3) is 0 Å². The van der Waals surface area contributed by atoms with Crippen LogP contribution in [0.4, 0.5) is 0 Å². The van der Waals surface area contributed by atoms with E-state index < -0.39 is 0 Å². The number of rotatable bonds is 16. The maximum absolute atomic E-state index is 5.56. The molecule has 0 aliphatic rings. The van der Waals surface area contributed by atoms with Gasteiger partial charge >= 0.3 is 0 Å². The molecule has 0 fully saturated rings. The molecule has 5 heteroatoms. The van der Waals surface area contributed by atoms with E-state index in [0.717, 1.165) is 38.5 Å². The lowest BCUT2D eigenvalue weighted by Gasteiger charge is -2.07. The van der Waals surface area contributed by atoms with Gasteiger partial charge in [0, 0.05) is 18.0 Å². The fourth-order valence-electron chi connectivity index (χ4n) is 2.16. The van der Waals surface area contributed by atoms with Crippen molar-refractivity contribution in [1.29, 1.82) is 0 Å². The van der Waals surface area contributed by atoms with Crippen LogP contribution in [0.1, 0.15) is 52.4 Å². The molecule has 0 heterocycles. The molecule has 0 aliphatic carbocycles. The van der Waals surface area contributed by atoms with Crippen LogP contribution in [0.15, 0.2) is 72.9 Å². The minimum absolute atomic E-state index is 0.195. The summed E-state index contributed by atoms with van der Waals surface area (Å²) in [5.74, 6) is 0. The first-order chi connectivity index (χ1) is 13.3. The van der Waals surface area contributed by atoms with E-state index in [-0.39, 0.29) is 12.2 Å². The smallest absolute Gasteiger partial charge is 0.0799 e. The molecule has 0 aromatic carbocycles. The highest BCUT2D eigenvalue weighted by Crippen LogP contribution is 2.25. The Labute approximate surface area is 173 Å². The van der Waals surface area contributed by atoms with Crippen LogP contribution in [0, 0.1) is 0 Å². The zero-order chi connectivity index (χ0) is 20.0. The molecular weight excluding hydrogens is 389 g/mol. The van der Waals surface area contributed by atoms with Crippen LogP contribution in [-0.2, 0) is 9.05 Å². The topological polar surface area (TPSA) is 18.5 Å². The highest BCUT2D eigenvalue weighted by Gasteiger charge is 1.98. The molecule has 0 aliphatic heterocycles. The molecule has 152 valence electrons. The summed E-state index contributed by atoms with van der Waals surface area (Å²) in [5, 5.41) is 0. The Morgan fingerprint density at radius 2 is 1.48 bits per heavy atom. The minimum Gasteiger partial charge on any atom is -0.358 e. The molecule has 0 rings (SSSR count). The molecule has 0 saturated heterocycles. The zero-order valence-corrected chi connectivity index (χ0v) is 20.1. The van der Waals surface area contributed by atoms with E-state index >= 15 is 0 Å². The third-order valence-corrected chi connectivity index (χ3v) is 4.87. The van der Waals surface area contributed by atoms with Gasteiger partial charge in [-0.25, -0.2) is 0 Å². The highest BCUT2D eigenvalue weighted by atomic mass is 32.0. The lowest BCUT2D eigenvalue weighted by Crippen LogP contribution is -2.01. The van der Waals surface area contributed by atoms with Gasteiger partial charge in [0.1, 0.15) is 0 Å². The molecule has 2 nitrogen and oxygen atoms in total. The summed E-state index contributed by atoms with van der Waals surface area (Å²) in [7, 11) is 5.42. The van der Waals surface area contributed by atoms with Gasteiger partial charge in [-0.3, -0.25) is 0 Å². The fourth-order valence-corrected chi connectivity index (χ4v) is 3.33. The Morgan fingerprint density at radius 3 is 2.19 bits per heavy atom. The summed E-state index contributed by atoms with van der Waals surface area (Å²) in [4.78, 5) is 0. The average Bonchev–Trinajstić information content (AvgIpc) is 2.69. The Bertz CT molecular complexity index is 494. The standard InChI is InChI=1S/C22H37O2P3/c1-3-18-22(23-25)20-17-15-13-11-9-7-5-6-8-10-12-14-16-19-21(4-2)24-27-26/h6,8-9,11-17,19-22,27H,3-5,7,10,18,25-26H2,1-2H3/b8-6-,11-9-,14-12-,15-13-,19-16+,20-17+. The van der Waals surface area contributed by atoms with E-state index in [1.54, 1.807) is 0 Å². The number of hydrogen-bond acceptors (Lipinski definition) is 2. The fraction of sp³-hybridized carbons (Fsp3) is 0.455. The van der Waals surface area contributed by atoms with Crippen LogP contribution in [0.2, 0.25) is 0 Å². The second kappa shape index (κ2) is 21.9. The molecule has 27 heavy (non-hydrogen) atoms. The van der Waals surface area contributed by atoms with Crippen LogP contribution in [-0.4, -0.2) is 12.2 Å². The van der Waals surface area contributed by atoms with Gasteiger partial charge < -0.3 is 9.05 Å². The maximum Gasteiger partial charge on any atom is 0.0799 e. The quantitative estimate of drug-likeness (QED) is 0.109. The number of hydrogen-bond donors (Lipinski definition) is 0. The van der Waals surface area contributed by atoms with Crippen molar-refractivity contribution >= 4 is 26.9 Å². The van der Waals surface area contributed by atoms with Crippen LogP contribution >= 0.6 is 26.9 Å². The van der Waals surface area contributed by atoms with Crippen molar-refractivity contribution in [3.63, 3.8) is 0 Å². The Kier molecular flexibility index (Phi) is 21.7. The molecule has 5 unspecified atom stereocenters. The summed E-state index contributed by atoms with van der Waals surface area (Å²) >= 11 is 0. The molecule has 0 bridgehead atoms. The maximum atomic E-state index is 5.56. The summed E-state index contributed by atoms with van der Waals surface area (Å²) in [6.45, 7) is 4.30. The Morgan fingerprint density at radius 1 is 0.815 bits per heavy atom. The summed E-state index contributed by atoms with van der Waals surface area (Å²) in [6.07, 6.45) is 32.1. The first-order valence-electron chi connectivity index (χ1n) is 9.73. The third kappa shape index (κ3) is 18.8. The summed E-state index contributed by atoms with van der Waals surface area (Å²) < 4.78 is 10.8. The Balaban J connectivity index is 3.81. The van der Waals surface area contributed by atoms with Crippen molar-refractivity contribution in [1.82, 2.24) is 0 Å². The van der Waals surface area contributed by atoms with Crippen molar-refractivity contribution in [2.24, 2.45) is 0 Å². The van der Waals surface area contributed by atoms with Crippen LogP contribution in [0.5, 0.6) is 0 Å². The highest BCUT2D eigenvalue weighted by molar-refractivity contribution is 8.00. The van der Waals surface area contributed by atoms with Gasteiger partial charge in [-0.05, 0) is 32.1 Å². The van der Waals surface area contributed by atoms with Crippen LogP contribution < -0.4 is 0 Å². The van der Waals surface area contributed by atoms with E-state index in [2.05, 4.69) is 93.0 Å². The van der Waals surface area contributed by atoms with E-state index in [1.165, 1.54) is 0 Å². The molecule has 0 aromatic heterocycles. The van der Waals surface area contributed by atoms with Gasteiger partial charge in [0.15, 0.2) is 0 Å².